The third-order valence-electron chi connectivity index (χ3n) is 14.5. The molecule has 74 heavy (non-hydrogen) atoms. The lowest BCUT2D eigenvalue weighted by molar-refractivity contribution is -0.359. The van der Waals surface area contributed by atoms with Gasteiger partial charge in [0.1, 0.15) is 48.8 Å². The SMILES string of the molecule is CCCCCCCC/C=C\CCCCCCCCCCCC(=O)NC(COC1OC(CO)C(OC2OC(CO)C(O)C(O)C2O)C(O)C1O)C(O)/C=C/CC/C=C/CC/C=C/CCCCCCCCCCCCC. The highest BCUT2D eigenvalue weighted by Gasteiger charge is 2.51. The fourth-order valence-electron chi connectivity index (χ4n) is 9.61. The number of nitrogens with one attached hydrogen (secondary N) is 1. The maximum absolute atomic E-state index is 13.2. The molecular formula is C60H109NO13. The number of aliphatic hydroxyl groups excluding tert-OH is 8. The Balaban J connectivity index is 1.80. The Hall–Kier alpha value is -2.05. The first-order chi connectivity index (χ1) is 36.1. The van der Waals surface area contributed by atoms with E-state index in [1.54, 1.807) is 6.08 Å². The lowest BCUT2D eigenvalue weighted by atomic mass is 9.97. The second-order valence-electron chi connectivity index (χ2n) is 21.1. The maximum atomic E-state index is 13.2. The van der Waals surface area contributed by atoms with E-state index >= 15 is 0 Å². The standard InChI is InChI=1S/C60H109NO13/c1-3-5-7-9-11-13-15-17-19-21-23-24-26-27-29-31-33-35-37-39-41-43-49(64)48(61-52(65)44-42-40-38-36-34-32-30-28-25-22-20-18-16-14-12-10-8-6-4-2)47-71-59-57(70)55(68)58(51(46-63)73-59)74-60-56(69)54(67)53(66)50(45-62)72-60/h18,20,26-27,33,35,41,43,48-51,53-60,62-64,66-70H,3-17,19,21-25,28-32,34,36-40,42,44-47H2,1-2H3,(H,61,65)/b20-18-,27-26+,35-33+,43-41+. The number of hydrogen-bond donors (Lipinski definition) is 9. The first-order valence-corrected chi connectivity index (χ1v) is 29.9. The first kappa shape index (κ1) is 68.1. The summed E-state index contributed by atoms with van der Waals surface area (Å²) >= 11 is 0. The molecule has 0 bridgehead atoms. The number of amides is 1. The van der Waals surface area contributed by atoms with Gasteiger partial charge < -0.3 is 65.1 Å². The molecule has 0 aromatic heterocycles. The number of hydrogen-bond acceptors (Lipinski definition) is 13. The molecule has 0 radical (unpaired) electrons. The predicted molar refractivity (Wildman–Crippen MR) is 295 cm³/mol. The second kappa shape index (κ2) is 45.9. The van der Waals surface area contributed by atoms with Crippen LogP contribution in [-0.4, -0.2) is 140 Å². The molecule has 0 spiro atoms. The minimum atomic E-state index is -1.79. The molecule has 2 fully saturated rings. The normalized spacial score (nSPS) is 25.5. The van der Waals surface area contributed by atoms with Gasteiger partial charge in [0.15, 0.2) is 12.6 Å². The van der Waals surface area contributed by atoms with E-state index in [4.69, 9.17) is 18.9 Å². The molecular weight excluding hydrogens is 943 g/mol. The van der Waals surface area contributed by atoms with Crippen molar-refractivity contribution in [2.45, 2.75) is 306 Å². The molecule has 432 valence electrons. The van der Waals surface area contributed by atoms with Gasteiger partial charge in [-0.2, -0.15) is 0 Å². The second-order valence-corrected chi connectivity index (χ2v) is 21.1. The van der Waals surface area contributed by atoms with Crippen LogP contribution in [0.15, 0.2) is 48.6 Å². The van der Waals surface area contributed by atoms with Crippen LogP contribution in [0.1, 0.15) is 232 Å². The molecule has 0 aliphatic carbocycles. The van der Waals surface area contributed by atoms with Crippen molar-refractivity contribution < 1.29 is 64.6 Å². The lowest BCUT2D eigenvalue weighted by Crippen LogP contribution is -2.65. The molecule has 14 nitrogen and oxygen atoms in total. The monoisotopic (exact) mass is 1050 g/mol. The van der Waals surface area contributed by atoms with Gasteiger partial charge >= 0.3 is 0 Å². The highest BCUT2D eigenvalue weighted by molar-refractivity contribution is 5.76. The largest absolute Gasteiger partial charge is 0.394 e. The fourth-order valence-corrected chi connectivity index (χ4v) is 9.61. The number of ether oxygens (including phenoxy) is 4. The van der Waals surface area contributed by atoms with Crippen molar-refractivity contribution in [1.82, 2.24) is 5.32 Å². The van der Waals surface area contributed by atoms with Crippen molar-refractivity contribution in [3.05, 3.63) is 48.6 Å². The molecule has 12 atom stereocenters. The molecule has 2 saturated heterocycles. The molecule has 9 N–H and O–H groups in total. The van der Waals surface area contributed by atoms with Crippen LogP contribution in [0.4, 0.5) is 0 Å². The van der Waals surface area contributed by atoms with E-state index in [-0.39, 0.29) is 18.9 Å². The van der Waals surface area contributed by atoms with Crippen LogP contribution in [0.25, 0.3) is 0 Å². The van der Waals surface area contributed by atoms with E-state index in [9.17, 15) is 45.6 Å². The van der Waals surface area contributed by atoms with Gasteiger partial charge in [-0.25, -0.2) is 0 Å². The molecule has 12 unspecified atom stereocenters. The van der Waals surface area contributed by atoms with Crippen LogP contribution in [0, 0.1) is 0 Å². The van der Waals surface area contributed by atoms with Crippen LogP contribution in [0.3, 0.4) is 0 Å². The van der Waals surface area contributed by atoms with Gasteiger partial charge in [-0.3, -0.25) is 4.79 Å². The van der Waals surface area contributed by atoms with E-state index < -0.39 is 86.8 Å². The third kappa shape index (κ3) is 31.4. The number of aliphatic hydroxyl groups is 8. The summed E-state index contributed by atoms with van der Waals surface area (Å²) in [6.45, 7) is 2.78. The number of allylic oxidation sites excluding steroid dienone is 7. The summed E-state index contributed by atoms with van der Waals surface area (Å²) in [5.74, 6) is -0.255. The summed E-state index contributed by atoms with van der Waals surface area (Å²) in [6, 6.07) is -0.939. The summed E-state index contributed by atoms with van der Waals surface area (Å²) in [5, 5.41) is 87.1. The predicted octanol–water partition coefficient (Wildman–Crippen LogP) is 10.0. The summed E-state index contributed by atoms with van der Waals surface area (Å²) < 4.78 is 22.8. The van der Waals surface area contributed by atoms with E-state index in [2.05, 4.69) is 55.6 Å². The zero-order chi connectivity index (χ0) is 53.9. The zero-order valence-corrected chi connectivity index (χ0v) is 46.3. The van der Waals surface area contributed by atoms with Crippen LogP contribution in [0.2, 0.25) is 0 Å². The van der Waals surface area contributed by atoms with E-state index in [1.165, 1.54) is 154 Å². The van der Waals surface area contributed by atoms with Gasteiger partial charge in [-0.1, -0.05) is 204 Å². The van der Waals surface area contributed by atoms with Crippen LogP contribution in [0.5, 0.6) is 0 Å². The van der Waals surface area contributed by atoms with Gasteiger partial charge in [0, 0.05) is 6.42 Å². The lowest BCUT2D eigenvalue weighted by Gasteiger charge is -2.46. The molecule has 0 saturated carbocycles. The van der Waals surface area contributed by atoms with Crippen LogP contribution in [-0.2, 0) is 23.7 Å². The number of rotatable bonds is 47. The molecule has 2 aliphatic heterocycles. The quantitative estimate of drug-likeness (QED) is 0.0205. The molecule has 1 amide bonds. The Morgan fingerprint density at radius 2 is 0.865 bits per heavy atom. The van der Waals surface area contributed by atoms with E-state index in [0.717, 1.165) is 44.9 Å². The van der Waals surface area contributed by atoms with Crippen molar-refractivity contribution in [3.63, 3.8) is 0 Å². The van der Waals surface area contributed by atoms with Crippen molar-refractivity contribution in [1.29, 1.82) is 0 Å². The smallest absolute Gasteiger partial charge is 0.220 e. The Bertz CT molecular complexity index is 1430. The van der Waals surface area contributed by atoms with Gasteiger partial charge in [-0.15, -0.1) is 0 Å². The zero-order valence-electron chi connectivity index (χ0n) is 46.3. The minimum absolute atomic E-state index is 0.255. The Morgan fingerprint density at radius 3 is 1.32 bits per heavy atom. The van der Waals surface area contributed by atoms with Gasteiger partial charge in [-0.05, 0) is 70.6 Å². The van der Waals surface area contributed by atoms with Gasteiger partial charge in [0.25, 0.3) is 0 Å². The molecule has 14 heteroatoms. The number of carbonyl (C=O) groups excluding carboxylic acids is 1. The van der Waals surface area contributed by atoms with Gasteiger partial charge in [0.05, 0.1) is 32.0 Å². The third-order valence-corrected chi connectivity index (χ3v) is 14.5. The molecule has 0 aromatic carbocycles. The topological polar surface area (TPSA) is 228 Å². The molecule has 2 heterocycles. The summed E-state index contributed by atoms with van der Waals surface area (Å²) in [5.41, 5.74) is 0. The van der Waals surface area contributed by atoms with Crippen LogP contribution >= 0.6 is 0 Å². The maximum Gasteiger partial charge on any atom is 0.220 e. The molecule has 2 aliphatic rings. The van der Waals surface area contributed by atoms with Crippen molar-refractivity contribution >= 4 is 5.91 Å². The van der Waals surface area contributed by atoms with Crippen molar-refractivity contribution in [3.8, 4) is 0 Å². The highest BCUT2D eigenvalue weighted by atomic mass is 16.7. The number of unbranched alkanes of at least 4 members (excludes halogenated alkanes) is 28. The molecule has 0 aromatic rings. The molecule has 2 rings (SSSR count). The van der Waals surface area contributed by atoms with Crippen molar-refractivity contribution in [2.75, 3.05) is 19.8 Å². The number of carbonyl (C=O) groups is 1. The van der Waals surface area contributed by atoms with Gasteiger partial charge in [0.2, 0.25) is 5.91 Å². The average Bonchev–Trinajstić information content (AvgIpc) is 3.40. The minimum Gasteiger partial charge on any atom is -0.394 e. The van der Waals surface area contributed by atoms with Crippen molar-refractivity contribution in [2.24, 2.45) is 0 Å². The average molecular weight is 1050 g/mol. The summed E-state index contributed by atoms with van der Waals surface area (Å²) in [4.78, 5) is 13.2. The van der Waals surface area contributed by atoms with E-state index in [1.807, 2.05) is 6.08 Å². The fraction of sp³-hybridized carbons (Fsp3) is 0.850. The summed E-state index contributed by atoms with van der Waals surface area (Å²) in [7, 11) is 0. The Kier molecular flexibility index (Phi) is 42.2. The first-order valence-electron chi connectivity index (χ1n) is 29.9. The highest BCUT2D eigenvalue weighted by Crippen LogP contribution is 2.30. The van der Waals surface area contributed by atoms with E-state index in [0.29, 0.717) is 12.8 Å². The Labute approximate surface area is 448 Å². The Morgan fingerprint density at radius 1 is 0.473 bits per heavy atom. The summed E-state index contributed by atoms with van der Waals surface area (Å²) in [6.07, 6.45) is 40.0. The van der Waals surface area contributed by atoms with Crippen LogP contribution < -0.4 is 5.32 Å².